The molecule has 2 heterocycles. The molecule has 1 saturated heterocycles. The van der Waals surface area contributed by atoms with Crippen molar-refractivity contribution in [1.82, 2.24) is 20.2 Å². The second kappa shape index (κ2) is 8.36. The molecule has 166 valence electrons. The van der Waals surface area contributed by atoms with Gasteiger partial charge in [-0.3, -0.25) is 9.59 Å². The van der Waals surface area contributed by atoms with E-state index in [1.165, 1.54) is 12.3 Å². The number of carbonyl (C=O) groups is 2. The fourth-order valence-electron chi connectivity index (χ4n) is 4.12. The van der Waals surface area contributed by atoms with Crippen LogP contribution in [0.3, 0.4) is 0 Å². The Bertz CT molecular complexity index is 972. The first kappa shape index (κ1) is 21.4. The van der Waals surface area contributed by atoms with Gasteiger partial charge in [-0.2, -0.15) is 13.2 Å². The van der Waals surface area contributed by atoms with Gasteiger partial charge in [0.25, 0.3) is 0 Å². The summed E-state index contributed by atoms with van der Waals surface area (Å²) in [6, 6.07) is 4.82. The van der Waals surface area contributed by atoms with Gasteiger partial charge in [0.1, 0.15) is 5.82 Å². The number of imidazole rings is 1. The van der Waals surface area contributed by atoms with Gasteiger partial charge in [0.05, 0.1) is 23.5 Å². The molecule has 1 aliphatic carbocycles. The van der Waals surface area contributed by atoms with Crippen LogP contribution in [0.1, 0.15) is 50.0 Å². The van der Waals surface area contributed by atoms with Crippen LogP contribution in [0.2, 0.25) is 0 Å². The third kappa shape index (κ3) is 4.75. The minimum Gasteiger partial charge on any atom is -0.355 e. The van der Waals surface area contributed by atoms with Gasteiger partial charge in [-0.25, -0.2) is 4.98 Å². The molecule has 2 fully saturated rings. The molecule has 9 heteroatoms. The molecule has 1 aliphatic heterocycles. The zero-order chi connectivity index (χ0) is 22.2. The molecule has 31 heavy (non-hydrogen) atoms. The maximum atomic E-state index is 13.0. The topological polar surface area (TPSA) is 78.1 Å². The summed E-state index contributed by atoms with van der Waals surface area (Å²) in [6.45, 7) is 2.93. The number of likely N-dealkylation sites (tertiary alicyclic amines) is 1. The lowest BCUT2D eigenvalue weighted by atomic mass is 10.1. The van der Waals surface area contributed by atoms with E-state index in [4.69, 9.17) is 0 Å². The highest BCUT2D eigenvalue weighted by Gasteiger charge is 2.39. The van der Waals surface area contributed by atoms with E-state index in [-0.39, 0.29) is 30.2 Å². The first-order chi connectivity index (χ1) is 14.7. The summed E-state index contributed by atoms with van der Waals surface area (Å²) in [5.74, 6) is 1.00. The van der Waals surface area contributed by atoms with E-state index >= 15 is 0 Å². The average molecular weight is 434 g/mol. The molecule has 0 radical (unpaired) electrons. The van der Waals surface area contributed by atoms with Crippen molar-refractivity contribution in [1.29, 1.82) is 0 Å². The normalized spacial score (nSPS) is 23.1. The molecule has 2 aromatic rings. The number of rotatable bonds is 6. The number of carbonyl (C=O) groups excluding carboxylic acids is 2. The van der Waals surface area contributed by atoms with Gasteiger partial charge in [-0.1, -0.05) is 19.1 Å². The van der Waals surface area contributed by atoms with Crippen LogP contribution in [0.25, 0.3) is 11.3 Å². The number of alkyl halides is 3. The lowest BCUT2D eigenvalue weighted by molar-refractivity contribution is -0.137. The molecule has 0 unspecified atom stereocenters. The van der Waals surface area contributed by atoms with Crippen molar-refractivity contribution in [3.63, 3.8) is 0 Å². The Hall–Kier alpha value is -2.84. The molecule has 2 aliphatic rings. The van der Waals surface area contributed by atoms with Crippen LogP contribution in [-0.2, 0) is 15.8 Å². The molecule has 2 N–H and O–H groups in total. The Kier molecular flexibility index (Phi) is 5.77. The molecule has 0 bridgehead atoms. The van der Waals surface area contributed by atoms with Crippen molar-refractivity contribution in [2.45, 2.75) is 44.8 Å². The van der Waals surface area contributed by atoms with E-state index in [0.29, 0.717) is 36.1 Å². The van der Waals surface area contributed by atoms with Crippen molar-refractivity contribution in [3.05, 3.63) is 41.9 Å². The van der Waals surface area contributed by atoms with Gasteiger partial charge in [-0.15, -0.1) is 0 Å². The number of halogens is 3. The Morgan fingerprint density at radius 3 is 2.81 bits per heavy atom. The summed E-state index contributed by atoms with van der Waals surface area (Å²) >= 11 is 0. The number of H-pyrrole nitrogens is 1. The molecular weight excluding hydrogens is 409 g/mol. The van der Waals surface area contributed by atoms with Gasteiger partial charge < -0.3 is 15.2 Å². The summed E-state index contributed by atoms with van der Waals surface area (Å²) in [5, 5.41) is 2.83. The summed E-state index contributed by atoms with van der Waals surface area (Å²) < 4.78 is 39.0. The Morgan fingerprint density at radius 1 is 1.32 bits per heavy atom. The molecule has 1 aromatic carbocycles. The zero-order valence-corrected chi connectivity index (χ0v) is 17.2. The predicted octanol–water partition coefficient (Wildman–Crippen LogP) is 3.92. The van der Waals surface area contributed by atoms with Gasteiger partial charge in [0, 0.05) is 31.0 Å². The number of amides is 2. The summed E-state index contributed by atoms with van der Waals surface area (Å²) in [5.41, 5.74) is 0.147. The Morgan fingerprint density at radius 2 is 2.10 bits per heavy atom. The van der Waals surface area contributed by atoms with E-state index < -0.39 is 11.7 Å². The Balaban J connectivity index is 1.39. The fourth-order valence-corrected chi connectivity index (χ4v) is 4.12. The average Bonchev–Trinajstić information content (AvgIpc) is 3.13. The molecule has 6 nitrogen and oxygen atoms in total. The van der Waals surface area contributed by atoms with Crippen molar-refractivity contribution < 1.29 is 22.8 Å². The highest BCUT2D eigenvalue weighted by atomic mass is 19.4. The first-order valence-corrected chi connectivity index (χ1v) is 10.5. The molecule has 2 amide bonds. The maximum absolute atomic E-state index is 13.0. The predicted molar refractivity (Wildman–Crippen MR) is 108 cm³/mol. The molecule has 0 spiro atoms. The van der Waals surface area contributed by atoms with Gasteiger partial charge in [0.2, 0.25) is 11.8 Å². The van der Waals surface area contributed by atoms with E-state index in [1.807, 2.05) is 6.92 Å². The second-order valence-electron chi connectivity index (χ2n) is 8.37. The van der Waals surface area contributed by atoms with E-state index in [0.717, 1.165) is 31.4 Å². The van der Waals surface area contributed by atoms with Crippen molar-refractivity contribution in [3.8, 4) is 11.3 Å². The summed E-state index contributed by atoms with van der Waals surface area (Å²) in [4.78, 5) is 33.8. The Labute approximate surface area is 178 Å². The number of hydrogen-bond acceptors (Lipinski definition) is 3. The molecule has 1 saturated carbocycles. The molecule has 1 aromatic heterocycles. The van der Waals surface area contributed by atoms with Crippen LogP contribution in [0.4, 0.5) is 13.2 Å². The number of aromatic amines is 1. The molecular formula is C22H25F3N4O2. The maximum Gasteiger partial charge on any atom is 0.416 e. The van der Waals surface area contributed by atoms with Crippen LogP contribution < -0.4 is 5.32 Å². The van der Waals surface area contributed by atoms with Crippen molar-refractivity contribution in [2.75, 3.05) is 13.1 Å². The fraction of sp³-hybridized carbons (Fsp3) is 0.500. The number of aromatic nitrogens is 2. The van der Waals surface area contributed by atoms with Crippen LogP contribution in [0, 0.1) is 11.8 Å². The third-order valence-corrected chi connectivity index (χ3v) is 6.07. The van der Waals surface area contributed by atoms with E-state index in [9.17, 15) is 22.8 Å². The SMILES string of the molecule is C[C@@H]1C[C@H]1C(=O)NCCC(=O)N1CCC[C@H]1c1ncc(-c2cccc(C(F)(F)F)c2)[nH]1. The summed E-state index contributed by atoms with van der Waals surface area (Å²) in [6.07, 6.45) is -0.246. The number of nitrogens with zero attached hydrogens (tertiary/aromatic N) is 2. The molecule has 4 rings (SSSR count). The highest BCUT2D eigenvalue weighted by Crippen LogP contribution is 2.37. The van der Waals surface area contributed by atoms with Crippen LogP contribution in [0.5, 0.6) is 0 Å². The van der Waals surface area contributed by atoms with Crippen LogP contribution >= 0.6 is 0 Å². The monoisotopic (exact) mass is 434 g/mol. The number of nitrogens with one attached hydrogen (secondary N) is 2. The van der Waals surface area contributed by atoms with Crippen LogP contribution in [0.15, 0.2) is 30.5 Å². The highest BCUT2D eigenvalue weighted by molar-refractivity contribution is 5.82. The summed E-state index contributed by atoms with van der Waals surface area (Å²) in [7, 11) is 0. The number of hydrogen-bond donors (Lipinski definition) is 2. The van der Waals surface area contributed by atoms with Crippen molar-refractivity contribution >= 4 is 11.8 Å². The van der Waals surface area contributed by atoms with Crippen molar-refractivity contribution in [2.24, 2.45) is 11.8 Å². The minimum atomic E-state index is -4.42. The van der Waals surface area contributed by atoms with Gasteiger partial charge in [0.15, 0.2) is 0 Å². The minimum absolute atomic E-state index is 0.00929. The smallest absolute Gasteiger partial charge is 0.355 e. The van der Waals surface area contributed by atoms with Gasteiger partial charge in [-0.05, 0) is 37.3 Å². The first-order valence-electron chi connectivity index (χ1n) is 10.5. The lowest BCUT2D eigenvalue weighted by Gasteiger charge is -2.23. The molecule has 3 atom stereocenters. The quantitative estimate of drug-likeness (QED) is 0.723. The lowest BCUT2D eigenvalue weighted by Crippen LogP contribution is -2.35. The zero-order valence-electron chi connectivity index (χ0n) is 17.2. The van der Waals surface area contributed by atoms with E-state index in [1.54, 1.807) is 11.0 Å². The second-order valence-corrected chi connectivity index (χ2v) is 8.37. The van der Waals surface area contributed by atoms with Gasteiger partial charge >= 0.3 is 6.18 Å². The third-order valence-electron chi connectivity index (χ3n) is 6.07. The standard InChI is InChI=1S/C22H25F3N4O2/c1-13-10-16(13)21(31)26-8-7-19(30)29-9-3-6-18(29)20-27-12-17(28-20)14-4-2-5-15(11-14)22(23,24)25/h2,4-5,11-13,16,18H,3,6-10H2,1H3,(H,26,31)(H,27,28)/t13-,16-,18+/m1/s1. The number of benzene rings is 1. The largest absolute Gasteiger partial charge is 0.416 e. The van der Waals surface area contributed by atoms with E-state index in [2.05, 4.69) is 15.3 Å². The van der Waals surface area contributed by atoms with Crippen LogP contribution in [-0.4, -0.2) is 39.8 Å².